The van der Waals surface area contributed by atoms with E-state index in [1.807, 2.05) is 6.08 Å². The SMILES string of the molecule is CCCCCCCCCCC=CC(CC(=O)NCCCCCC)C(=O)NCCCCCC. The molecule has 0 heterocycles. The van der Waals surface area contributed by atoms with E-state index in [1.165, 1.54) is 77.0 Å². The molecule has 4 heteroatoms. The van der Waals surface area contributed by atoms with Crippen LogP contribution in [0, 0.1) is 5.92 Å². The molecule has 0 aromatic rings. The highest BCUT2D eigenvalue weighted by Gasteiger charge is 2.18. The first-order valence-corrected chi connectivity index (χ1v) is 13.9. The van der Waals surface area contributed by atoms with Crippen molar-refractivity contribution in [3.63, 3.8) is 0 Å². The van der Waals surface area contributed by atoms with Crippen LogP contribution in [-0.2, 0) is 9.59 Å². The molecular weight excluding hydrogens is 396 g/mol. The van der Waals surface area contributed by atoms with Gasteiger partial charge < -0.3 is 10.6 Å². The maximum absolute atomic E-state index is 12.7. The molecule has 0 aliphatic carbocycles. The molecule has 0 spiro atoms. The number of hydrogen-bond donors (Lipinski definition) is 2. The first-order chi connectivity index (χ1) is 15.7. The Balaban J connectivity index is 4.31. The maximum atomic E-state index is 12.7. The molecule has 0 bridgehead atoms. The fourth-order valence-corrected chi connectivity index (χ4v) is 3.85. The second kappa shape index (κ2) is 24.3. The molecule has 0 aromatic heterocycles. The first-order valence-electron chi connectivity index (χ1n) is 13.9. The van der Waals surface area contributed by atoms with Crippen LogP contribution >= 0.6 is 0 Å². The quantitative estimate of drug-likeness (QED) is 0.125. The number of nitrogens with one attached hydrogen (secondary N) is 2. The minimum Gasteiger partial charge on any atom is -0.356 e. The van der Waals surface area contributed by atoms with Gasteiger partial charge in [-0.2, -0.15) is 0 Å². The third-order valence-corrected chi connectivity index (χ3v) is 6.02. The lowest BCUT2D eigenvalue weighted by Gasteiger charge is -2.14. The van der Waals surface area contributed by atoms with Crippen LogP contribution in [0.2, 0.25) is 0 Å². The molecule has 1 atom stereocenters. The lowest BCUT2D eigenvalue weighted by molar-refractivity contribution is -0.128. The highest BCUT2D eigenvalue weighted by atomic mass is 16.2. The number of amides is 2. The van der Waals surface area contributed by atoms with Gasteiger partial charge in [0.25, 0.3) is 0 Å². The van der Waals surface area contributed by atoms with Crippen LogP contribution in [-0.4, -0.2) is 24.9 Å². The Bertz CT molecular complexity index is 462. The molecule has 32 heavy (non-hydrogen) atoms. The predicted octanol–water partition coefficient (Wildman–Crippen LogP) is 7.47. The zero-order chi connectivity index (χ0) is 23.7. The van der Waals surface area contributed by atoms with Crippen LogP contribution in [0.4, 0.5) is 0 Å². The zero-order valence-electron chi connectivity index (χ0n) is 21.7. The largest absolute Gasteiger partial charge is 0.356 e. The molecule has 0 aromatic carbocycles. The van der Waals surface area contributed by atoms with Crippen LogP contribution in [0.3, 0.4) is 0 Å². The maximum Gasteiger partial charge on any atom is 0.227 e. The number of hydrogen-bond acceptors (Lipinski definition) is 2. The molecule has 2 amide bonds. The van der Waals surface area contributed by atoms with Crippen molar-refractivity contribution in [1.29, 1.82) is 0 Å². The Kier molecular flexibility index (Phi) is 23.3. The van der Waals surface area contributed by atoms with Crippen molar-refractivity contribution >= 4 is 11.8 Å². The molecule has 0 rings (SSSR count). The lowest BCUT2D eigenvalue weighted by Crippen LogP contribution is -2.35. The van der Waals surface area contributed by atoms with E-state index in [1.54, 1.807) is 0 Å². The number of carbonyl (C=O) groups is 2. The highest BCUT2D eigenvalue weighted by molar-refractivity contribution is 5.87. The number of carbonyl (C=O) groups excluding carboxylic acids is 2. The molecule has 0 aliphatic rings. The summed E-state index contributed by atoms with van der Waals surface area (Å²) in [6, 6.07) is 0. The second-order valence-electron chi connectivity index (χ2n) is 9.26. The van der Waals surface area contributed by atoms with Crippen molar-refractivity contribution in [2.45, 2.75) is 136 Å². The Morgan fingerprint density at radius 3 is 1.66 bits per heavy atom. The Morgan fingerprint density at radius 1 is 0.625 bits per heavy atom. The molecule has 0 radical (unpaired) electrons. The van der Waals surface area contributed by atoms with Gasteiger partial charge in [-0.25, -0.2) is 0 Å². The standard InChI is InChI=1S/C28H54N2O2/c1-4-7-10-13-14-15-16-17-18-19-22-26(28(32)30-24-21-12-9-6-3)25-27(31)29-23-20-11-8-5-2/h19,22,26H,4-18,20-21,23-25H2,1-3H3,(H,29,31)(H,30,32). The summed E-state index contributed by atoms with van der Waals surface area (Å²) in [5.41, 5.74) is 0. The van der Waals surface area contributed by atoms with E-state index in [0.29, 0.717) is 13.1 Å². The van der Waals surface area contributed by atoms with E-state index in [2.05, 4.69) is 37.5 Å². The summed E-state index contributed by atoms with van der Waals surface area (Å²) in [5.74, 6) is -0.370. The fourth-order valence-electron chi connectivity index (χ4n) is 3.85. The van der Waals surface area contributed by atoms with Crippen molar-refractivity contribution < 1.29 is 9.59 Å². The molecule has 2 N–H and O–H groups in total. The predicted molar refractivity (Wildman–Crippen MR) is 139 cm³/mol. The molecule has 1 unspecified atom stereocenters. The summed E-state index contributed by atoms with van der Waals surface area (Å²) in [4.78, 5) is 25.0. The van der Waals surface area contributed by atoms with Gasteiger partial charge in [0.2, 0.25) is 11.8 Å². The molecule has 188 valence electrons. The van der Waals surface area contributed by atoms with Gasteiger partial charge in [0.05, 0.1) is 5.92 Å². The van der Waals surface area contributed by atoms with Crippen molar-refractivity contribution in [2.24, 2.45) is 5.92 Å². The average molecular weight is 451 g/mol. The Hall–Kier alpha value is -1.32. The van der Waals surface area contributed by atoms with Gasteiger partial charge in [-0.15, -0.1) is 0 Å². The second-order valence-corrected chi connectivity index (χ2v) is 9.26. The smallest absolute Gasteiger partial charge is 0.227 e. The van der Waals surface area contributed by atoms with Crippen molar-refractivity contribution in [3.05, 3.63) is 12.2 Å². The number of allylic oxidation sites excluding steroid dienone is 1. The van der Waals surface area contributed by atoms with Gasteiger partial charge in [0, 0.05) is 19.5 Å². The van der Waals surface area contributed by atoms with E-state index in [-0.39, 0.29) is 24.2 Å². The normalized spacial score (nSPS) is 12.2. The molecule has 0 aliphatic heterocycles. The molecular formula is C28H54N2O2. The monoisotopic (exact) mass is 450 g/mol. The van der Waals surface area contributed by atoms with E-state index >= 15 is 0 Å². The summed E-state index contributed by atoms with van der Waals surface area (Å²) < 4.78 is 0. The minimum absolute atomic E-state index is 0.00481. The van der Waals surface area contributed by atoms with Crippen molar-refractivity contribution in [1.82, 2.24) is 10.6 Å². The van der Waals surface area contributed by atoms with Crippen LogP contribution in [0.15, 0.2) is 12.2 Å². The van der Waals surface area contributed by atoms with Crippen LogP contribution in [0.1, 0.15) is 136 Å². The Morgan fingerprint density at radius 2 is 1.09 bits per heavy atom. The minimum atomic E-state index is -0.356. The molecule has 0 saturated heterocycles. The Labute approximate surface area is 199 Å². The van der Waals surface area contributed by atoms with Gasteiger partial charge in [-0.3, -0.25) is 9.59 Å². The van der Waals surface area contributed by atoms with Gasteiger partial charge in [0.1, 0.15) is 0 Å². The summed E-state index contributed by atoms with van der Waals surface area (Å²) >= 11 is 0. The van der Waals surface area contributed by atoms with Crippen LogP contribution < -0.4 is 10.6 Å². The summed E-state index contributed by atoms with van der Waals surface area (Å²) in [6.07, 6.45) is 24.9. The first kappa shape index (κ1) is 30.7. The van der Waals surface area contributed by atoms with E-state index in [4.69, 9.17) is 0 Å². The van der Waals surface area contributed by atoms with Gasteiger partial charge in [0.15, 0.2) is 0 Å². The van der Waals surface area contributed by atoms with Crippen molar-refractivity contribution in [3.8, 4) is 0 Å². The zero-order valence-corrected chi connectivity index (χ0v) is 21.7. The van der Waals surface area contributed by atoms with Gasteiger partial charge >= 0.3 is 0 Å². The number of unbranched alkanes of at least 4 members (excludes halogenated alkanes) is 14. The van der Waals surface area contributed by atoms with E-state index in [0.717, 1.165) is 32.1 Å². The average Bonchev–Trinajstić information content (AvgIpc) is 2.79. The molecule has 4 nitrogen and oxygen atoms in total. The third-order valence-electron chi connectivity index (χ3n) is 6.02. The van der Waals surface area contributed by atoms with Gasteiger partial charge in [-0.05, 0) is 25.7 Å². The van der Waals surface area contributed by atoms with Gasteiger partial charge in [-0.1, -0.05) is 116 Å². The van der Waals surface area contributed by atoms with Crippen LogP contribution in [0.25, 0.3) is 0 Å². The summed E-state index contributed by atoms with van der Waals surface area (Å²) in [6.45, 7) is 8.05. The van der Waals surface area contributed by atoms with Crippen LogP contribution in [0.5, 0.6) is 0 Å². The third kappa shape index (κ3) is 20.6. The number of rotatable bonds is 23. The topological polar surface area (TPSA) is 58.2 Å². The van der Waals surface area contributed by atoms with E-state index < -0.39 is 0 Å². The lowest BCUT2D eigenvalue weighted by atomic mass is 10.0. The van der Waals surface area contributed by atoms with E-state index in [9.17, 15) is 9.59 Å². The highest BCUT2D eigenvalue weighted by Crippen LogP contribution is 2.12. The van der Waals surface area contributed by atoms with Crippen molar-refractivity contribution in [2.75, 3.05) is 13.1 Å². The molecule has 0 saturated carbocycles. The summed E-state index contributed by atoms with van der Waals surface area (Å²) in [5, 5.41) is 6.04. The fraction of sp³-hybridized carbons (Fsp3) is 0.857. The summed E-state index contributed by atoms with van der Waals surface area (Å²) in [7, 11) is 0. The molecule has 0 fully saturated rings.